The highest BCUT2D eigenvalue weighted by atomic mass is 35.5. The van der Waals surface area contributed by atoms with Gasteiger partial charge in [-0.1, -0.05) is 11.6 Å². The van der Waals surface area contributed by atoms with Gasteiger partial charge in [0.25, 0.3) is 5.91 Å². The fourth-order valence-electron chi connectivity index (χ4n) is 1.31. The fourth-order valence-corrected chi connectivity index (χ4v) is 1.51. The van der Waals surface area contributed by atoms with Crippen molar-refractivity contribution in [2.45, 2.75) is 19.9 Å². The number of aromatic nitrogens is 1. The van der Waals surface area contributed by atoms with Gasteiger partial charge in [-0.05, 0) is 26.0 Å². The Morgan fingerprint density at radius 1 is 1.29 bits per heavy atom. The van der Waals surface area contributed by atoms with E-state index in [0.29, 0.717) is 22.6 Å². The van der Waals surface area contributed by atoms with Crippen LogP contribution in [0.15, 0.2) is 12.1 Å². The molecule has 1 aromatic heterocycles. The van der Waals surface area contributed by atoms with Crippen molar-refractivity contribution in [1.29, 1.82) is 0 Å². The van der Waals surface area contributed by atoms with Crippen LogP contribution in [0.2, 0.25) is 5.15 Å². The van der Waals surface area contributed by atoms with E-state index in [2.05, 4.69) is 18.8 Å². The van der Waals surface area contributed by atoms with E-state index in [1.54, 1.807) is 26.2 Å². The van der Waals surface area contributed by atoms with E-state index in [0.717, 1.165) is 0 Å². The summed E-state index contributed by atoms with van der Waals surface area (Å²) < 4.78 is 0. The van der Waals surface area contributed by atoms with Crippen LogP contribution in [0.1, 0.15) is 24.2 Å². The quantitative estimate of drug-likeness (QED) is 0.778. The lowest BCUT2D eigenvalue weighted by atomic mass is 10.2. The zero-order chi connectivity index (χ0) is 13.2. The molecule has 0 saturated carbocycles. The second-order valence-electron chi connectivity index (χ2n) is 4.44. The summed E-state index contributed by atoms with van der Waals surface area (Å²) in [5.74, 6) is 0.630. The molecule has 0 radical (unpaired) electrons. The number of carbonyl (C=O) groups excluding carboxylic acids is 1. The Hall–Kier alpha value is -1.29. The molecular formula is C12H18ClN3O. The van der Waals surface area contributed by atoms with Gasteiger partial charge in [0, 0.05) is 32.7 Å². The number of pyridine rings is 1. The Morgan fingerprint density at radius 3 is 2.35 bits per heavy atom. The summed E-state index contributed by atoms with van der Waals surface area (Å²) in [6.07, 6.45) is 0. The summed E-state index contributed by atoms with van der Waals surface area (Å²) in [6, 6.07) is 3.64. The van der Waals surface area contributed by atoms with Crippen molar-refractivity contribution >= 4 is 23.3 Å². The molecule has 0 unspecified atom stereocenters. The topological polar surface area (TPSA) is 36.4 Å². The lowest BCUT2D eigenvalue weighted by molar-refractivity contribution is 0.0827. The van der Waals surface area contributed by atoms with Crippen LogP contribution in [0, 0.1) is 0 Å². The van der Waals surface area contributed by atoms with Crippen LogP contribution < -0.4 is 4.90 Å². The van der Waals surface area contributed by atoms with E-state index in [1.807, 2.05) is 11.9 Å². The van der Waals surface area contributed by atoms with Gasteiger partial charge in [0.1, 0.15) is 11.0 Å². The Bertz CT molecular complexity index is 418. The average molecular weight is 256 g/mol. The molecule has 0 fully saturated rings. The minimum Gasteiger partial charge on any atom is -0.357 e. The van der Waals surface area contributed by atoms with Crippen LogP contribution >= 0.6 is 11.6 Å². The first kappa shape index (κ1) is 13.8. The predicted octanol–water partition coefficient (Wildman–Crippen LogP) is 2.28. The molecule has 0 bridgehead atoms. The normalized spacial score (nSPS) is 10.5. The fraction of sp³-hybridized carbons (Fsp3) is 0.500. The highest BCUT2D eigenvalue weighted by Gasteiger charge is 2.14. The summed E-state index contributed by atoms with van der Waals surface area (Å²) in [7, 11) is 5.35. The maximum atomic E-state index is 11.9. The largest absolute Gasteiger partial charge is 0.357 e. The van der Waals surface area contributed by atoms with Crippen molar-refractivity contribution in [3.63, 3.8) is 0 Å². The summed E-state index contributed by atoms with van der Waals surface area (Å²) >= 11 is 5.94. The second kappa shape index (κ2) is 5.36. The number of anilines is 1. The summed E-state index contributed by atoms with van der Waals surface area (Å²) in [4.78, 5) is 19.6. The van der Waals surface area contributed by atoms with E-state index in [4.69, 9.17) is 11.6 Å². The van der Waals surface area contributed by atoms with Gasteiger partial charge < -0.3 is 9.80 Å². The molecule has 0 aliphatic rings. The molecule has 0 aliphatic heterocycles. The van der Waals surface area contributed by atoms with E-state index in [1.165, 1.54) is 4.90 Å². The first-order chi connectivity index (χ1) is 7.82. The zero-order valence-corrected chi connectivity index (χ0v) is 11.6. The molecule has 0 spiro atoms. The van der Waals surface area contributed by atoms with Crippen molar-refractivity contribution < 1.29 is 4.79 Å². The van der Waals surface area contributed by atoms with Gasteiger partial charge in [0.2, 0.25) is 0 Å². The Labute approximate surface area is 107 Å². The van der Waals surface area contributed by atoms with Crippen LogP contribution in [0.5, 0.6) is 0 Å². The van der Waals surface area contributed by atoms with Gasteiger partial charge in [-0.25, -0.2) is 4.98 Å². The first-order valence-electron chi connectivity index (χ1n) is 5.45. The maximum Gasteiger partial charge on any atom is 0.253 e. The molecule has 1 rings (SSSR count). The molecule has 0 atom stereocenters. The molecule has 94 valence electrons. The van der Waals surface area contributed by atoms with Crippen LogP contribution in [0.4, 0.5) is 5.82 Å². The lowest BCUT2D eigenvalue weighted by Crippen LogP contribution is -2.27. The molecular weight excluding hydrogens is 238 g/mol. The second-order valence-corrected chi connectivity index (χ2v) is 4.83. The smallest absolute Gasteiger partial charge is 0.253 e. The molecule has 0 aliphatic carbocycles. The number of nitrogens with zero attached hydrogens (tertiary/aromatic N) is 3. The Kier molecular flexibility index (Phi) is 4.34. The summed E-state index contributed by atoms with van der Waals surface area (Å²) in [6.45, 7) is 4.10. The molecule has 0 aromatic carbocycles. The number of hydrogen-bond acceptors (Lipinski definition) is 3. The standard InChI is InChI=1S/C12H18ClN3O/c1-8(2)16(5)11-7-9(6-10(13)14-11)12(17)15(3)4/h6-8H,1-5H3. The first-order valence-corrected chi connectivity index (χ1v) is 5.82. The highest BCUT2D eigenvalue weighted by Crippen LogP contribution is 2.19. The van der Waals surface area contributed by atoms with Gasteiger partial charge in [0.05, 0.1) is 0 Å². The molecule has 17 heavy (non-hydrogen) atoms. The van der Waals surface area contributed by atoms with Crippen molar-refractivity contribution in [3.05, 3.63) is 22.8 Å². The van der Waals surface area contributed by atoms with Crippen molar-refractivity contribution in [3.8, 4) is 0 Å². The lowest BCUT2D eigenvalue weighted by Gasteiger charge is -2.23. The van der Waals surface area contributed by atoms with E-state index in [-0.39, 0.29) is 5.91 Å². The number of hydrogen-bond donors (Lipinski definition) is 0. The highest BCUT2D eigenvalue weighted by molar-refractivity contribution is 6.29. The number of carbonyl (C=O) groups is 1. The van der Waals surface area contributed by atoms with Gasteiger partial charge in [0.15, 0.2) is 0 Å². The molecule has 1 heterocycles. The average Bonchev–Trinajstić information content (AvgIpc) is 2.25. The van der Waals surface area contributed by atoms with Crippen molar-refractivity contribution in [2.75, 3.05) is 26.0 Å². The van der Waals surface area contributed by atoms with Crippen LogP contribution in [-0.4, -0.2) is 43.0 Å². The summed E-state index contributed by atoms with van der Waals surface area (Å²) in [5, 5.41) is 0.334. The molecule has 1 amide bonds. The minimum absolute atomic E-state index is 0.0762. The third kappa shape index (κ3) is 3.33. The van der Waals surface area contributed by atoms with Gasteiger partial charge in [-0.2, -0.15) is 0 Å². The van der Waals surface area contributed by atoms with E-state index < -0.39 is 0 Å². The Balaban J connectivity index is 3.15. The van der Waals surface area contributed by atoms with Crippen LogP contribution in [0.3, 0.4) is 0 Å². The molecule has 4 nitrogen and oxygen atoms in total. The summed E-state index contributed by atoms with van der Waals surface area (Å²) in [5.41, 5.74) is 0.553. The minimum atomic E-state index is -0.0762. The zero-order valence-electron chi connectivity index (χ0n) is 10.9. The monoisotopic (exact) mass is 255 g/mol. The van der Waals surface area contributed by atoms with Crippen LogP contribution in [-0.2, 0) is 0 Å². The Morgan fingerprint density at radius 2 is 1.88 bits per heavy atom. The number of halogens is 1. The third-order valence-corrected chi connectivity index (χ3v) is 2.76. The molecule has 0 N–H and O–H groups in total. The van der Waals surface area contributed by atoms with E-state index in [9.17, 15) is 4.79 Å². The molecule has 5 heteroatoms. The SMILES string of the molecule is CC(C)N(C)c1cc(C(=O)N(C)C)cc(Cl)n1. The number of rotatable bonds is 3. The number of amides is 1. The van der Waals surface area contributed by atoms with E-state index >= 15 is 0 Å². The third-order valence-electron chi connectivity index (χ3n) is 2.57. The molecule has 0 saturated heterocycles. The van der Waals surface area contributed by atoms with Gasteiger partial charge in [-0.15, -0.1) is 0 Å². The maximum absolute atomic E-state index is 11.9. The van der Waals surface area contributed by atoms with Crippen molar-refractivity contribution in [1.82, 2.24) is 9.88 Å². The van der Waals surface area contributed by atoms with Gasteiger partial charge >= 0.3 is 0 Å². The molecule has 1 aromatic rings. The van der Waals surface area contributed by atoms with Crippen molar-refractivity contribution in [2.24, 2.45) is 0 Å². The van der Waals surface area contributed by atoms with Crippen LogP contribution in [0.25, 0.3) is 0 Å². The van der Waals surface area contributed by atoms with Gasteiger partial charge in [-0.3, -0.25) is 4.79 Å². The predicted molar refractivity (Wildman–Crippen MR) is 70.8 cm³/mol.